The van der Waals surface area contributed by atoms with Gasteiger partial charge in [-0.3, -0.25) is 19.6 Å². The predicted molar refractivity (Wildman–Crippen MR) is 309 cm³/mol. The Balaban J connectivity index is 1.21. The number of aromatic nitrogens is 4. The van der Waals surface area contributed by atoms with Crippen LogP contribution in [0.5, 0.6) is 0 Å². The summed E-state index contributed by atoms with van der Waals surface area (Å²) >= 11 is 0. The molecule has 378 valence electrons. The highest BCUT2D eigenvalue weighted by Crippen LogP contribution is 2.44. The molecular weight excluding hydrogens is 925 g/mol. The lowest BCUT2D eigenvalue weighted by Crippen LogP contribution is -2.23. The number of nitrogens with one attached hydrogen (secondary N) is 6. The number of nitrogens with zero attached hydrogens (tertiary/aromatic N) is 2. The molecular formula is C65H66N8O2. The van der Waals surface area contributed by atoms with Gasteiger partial charge in [0, 0.05) is 39.3 Å². The molecule has 10 rings (SSSR count). The first kappa shape index (κ1) is 50.1. The number of benzene rings is 5. The zero-order valence-corrected chi connectivity index (χ0v) is 44.5. The number of hydrogen-bond acceptors (Lipinski definition) is 4. The predicted octanol–water partition coefficient (Wildman–Crippen LogP) is 15.6. The van der Waals surface area contributed by atoms with Crippen molar-refractivity contribution < 1.29 is 9.59 Å². The molecule has 1 aliphatic rings. The van der Waals surface area contributed by atoms with E-state index in [4.69, 9.17) is 9.98 Å². The molecule has 75 heavy (non-hydrogen) atoms. The van der Waals surface area contributed by atoms with Crippen molar-refractivity contribution in [1.82, 2.24) is 19.9 Å². The van der Waals surface area contributed by atoms with E-state index in [1.165, 1.54) is 27.8 Å². The van der Waals surface area contributed by atoms with E-state index in [1.807, 2.05) is 122 Å². The van der Waals surface area contributed by atoms with Crippen molar-refractivity contribution in [3.8, 4) is 22.3 Å². The SMILES string of the molecule is CCCc1c2[nH]c(c1C)C(c1ccc(C)cc1)c1[nH]c(c(CCC)c1C)C=Nc1ccccc1NC(=O)c1[nH]c(c(C)c1-c1ccccc1)C(C)(C)c1[nH]c(c(-c3ccccc3)c1C)C(=O)Nc1ccccc1N=C2. The second-order valence-corrected chi connectivity index (χ2v) is 20.5. The van der Waals surface area contributed by atoms with E-state index >= 15 is 9.59 Å². The second kappa shape index (κ2) is 20.8. The third kappa shape index (κ3) is 9.41. The molecule has 0 aliphatic carbocycles. The number of fused-ring (bicyclic) bond motifs is 10. The van der Waals surface area contributed by atoms with Crippen LogP contribution in [0.2, 0.25) is 0 Å². The molecule has 10 heteroatoms. The number of aryl methyl sites for hydroxylation is 1. The van der Waals surface area contributed by atoms with Gasteiger partial charge in [0.05, 0.1) is 52.5 Å². The van der Waals surface area contributed by atoms with Gasteiger partial charge in [0.25, 0.3) is 11.8 Å². The first-order chi connectivity index (χ1) is 36.3. The molecule has 10 nitrogen and oxygen atoms in total. The van der Waals surface area contributed by atoms with Gasteiger partial charge in [-0.25, -0.2) is 0 Å². The number of hydrogen-bond donors (Lipinski definition) is 6. The van der Waals surface area contributed by atoms with Crippen molar-refractivity contribution in [2.45, 2.75) is 99.3 Å². The van der Waals surface area contributed by atoms with Crippen molar-refractivity contribution in [3.05, 3.63) is 224 Å². The van der Waals surface area contributed by atoms with E-state index in [-0.39, 0.29) is 17.7 Å². The summed E-state index contributed by atoms with van der Waals surface area (Å²) in [5.74, 6) is -0.776. The molecule has 6 N–H and O–H groups in total. The maximum atomic E-state index is 15.0. The number of para-hydroxylation sites is 4. The Morgan fingerprint density at radius 1 is 0.480 bits per heavy atom. The van der Waals surface area contributed by atoms with Crippen LogP contribution in [-0.2, 0) is 18.3 Å². The summed E-state index contributed by atoms with van der Waals surface area (Å²) in [4.78, 5) is 55.5. The van der Waals surface area contributed by atoms with Crippen molar-refractivity contribution >= 4 is 47.0 Å². The van der Waals surface area contributed by atoms with E-state index in [9.17, 15) is 0 Å². The number of carbonyl (C=O) groups excluding carboxylic acids is 2. The number of anilines is 2. The summed E-state index contributed by atoms with van der Waals surface area (Å²) in [6, 6.07) is 44.3. The van der Waals surface area contributed by atoms with E-state index in [0.717, 1.165) is 98.8 Å². The maximum absolute atomic E-state index is 15.0. The summed E-state index contributed by atoms with van der Waals surface area (Å²) in [6.07, 6.45) is 7.44. The van der Waals surface area contributed by atoms with Crippen LogP contribution in [0.1, 0.15) is 146 Å². The van der Waals surface area contributed by atoms with Crippen LogP contribution in [-0.4, -0.2) is 44.2 Å². The van der Waals surface area contributed by atoms with Crippen molar-refractivity contribution in [3.63, 3.8) is 0 Å². The Morgan fingerprint density at radius 3 is 1.29 bits per heavy atom. The van der Waals surface area contributed by atoms with Crippen molar-refractivity contribution in [2.24, 2.45) is 9.98 Å². The summed E-state index contributed by atoms with van der Waals surface area (Å²) in [5.41, 5.74) is 20.5. The number of aliphatic imine (C=N–C) groups is 2. The first-order valence-corrected chi connectivity index (χ1v) is 26.2. The Morgan fingerprint density at radius 2 is 0.880 bits per heavy atom. The van der Waals surface area contributed by atoms with Crippen molar-refractivity contribution in [1.29, 1.82) is 0 Å². The average molecular weight is 991 g/mol. The van der Waals surface area contributed by atoms with Crippen LogP contribution in [0.15, 0.2) is 143 Å². The largest absolute Gasteiger partial charge is 0.356 e. The van der Waals surface area contributed by atoms with Gasteiger partial charge in [-0.15, -0.1) is 0 Å². The molecule has 5 aromatic carbocycles. The standard InChI is InChI=1S/C65H66N8O2/c1-10-22-46-39(4)57-56(45-34-32-38(3)33-35-45)58-40(5)47(23-11-2)53(69-58)37-67-49-29-19-21-31-51(49)71-64(75)60-55(44-26-16-13-17-27-44)42(7)62(73-60)65(8,9)61-41(6)54(43-24-14-12-15-25-43)59(72-61)63(74)70-50-30-20-18-28-48(50)66-36-52(46)68-57/h12-21,24-37,56,68-69,72-73H,10-11,22-23H2,1-9H3,(H,70,74)(H,71,75). The fraction of sp³-hybridized carbons (Fsp3) is 0.231. The van der Waals surface area contributed by atoms with E-state index in [1.54, 1.807) is 0 Å². The van der Waals surface area contributed by atoms with Gasteiger partial charge in [0.1, 0.15) is 11.4 Å². The highest BCUT2D eigenvalue weighted by molar-refractivity contribution is 6.11. The quantitative estimate of drug-likeness (QED) is 0.0944. The van der Waals surface area contributed by atoms with E-state index in [0.29, 0.717) is 34.1 Å². The highest BCUT2D eigenvalue weighted by atomic mass is 16.2. The molecule has 5 heterocycles. The topological polar surface area (TPSA) is 146 Å². The lowest BCUT2D eigenvalue weighted by atomic mass is 9.80. The molecule has 0 atom stereocenters. The fourth-order valence-electron chi connectivity index (χ4n) is 11.4. The molecule has 8 bridgehead atoms. The van der Waals surface area contributed by atoms with Crippen LogP contribution >= 0.6 is 0 Å². The third-order valence-electron chi connectivity index (χ3n) is 15.2. The van der Waals surface area contributed by atoms with Crippen LogP contribution in [0.25, 0.3) is 22.3 Å². The molecule has 4 aromatic heterocycles. The van der Waals surface area contributed by atoms with Gasteiger partial charge in [0.2, 0.25) is 0 Å². The zero-order chi connectivity index (χ0) is 52.5. The molecule has 1 aliphatic heterocycles. The summed E-state index contributed by atoms with van der Waals surface area (Å²) in [7, 11) is 0. The molecule has 0 radical (unpaired) electrons. The number of amides is 2. The smallest absolute Gasteiger partial charge is 0.272 e. The Bertz CT molecular complexity index is 3420. The molecule has 0 saturated heterocycles. The van der Waals surface area contributed by atoms with Crippen LogP contribution in [0, 0.1) is 34.6 Å². The second-order valence-electron chi connectivity index (χ2n) is 20.5. The number of rotatable bonds is 7. The minimum atomic E-state index is -0.765. The fourth-order valence-corrected chi connectivity index (χ4v) is 11.4. The molecule has 9 aromatic rings. The monoisotopic (exact) mass is 991 g/mol. The number of aromatic amines is 4. The Kier molecular flexibility index (Phi) is 13.9. The van der Waals surface area contributed by atoms with Gasteiger partial charge in [-0.05, 0) is 136 Å². The van der Waals surface area contributed by atoms with Crippen LogP contribution in [0.3, 0.4) is 0 Å². The number of H-pyrrole nitrogens is 4. The Labute approximate surface area is 440 Å². The third-order valence-corrected chi connectivity index (χ3v) is 15.2. The minimum Gasteiger partial charge on any atom is -0.356 e. The Hall–Kier alpha value is -8.50. The molecule has 2 amide bonds. The van der Waals surface area contributed by atoms with E-state index in [2.05, 4.69) is 117 Å². The average Bonchev–Trinajstić information content (AvgIpc) is 4.16. The van der Waals surface area contributed by atoms with Gasteiger partial charge < -0.3 is 30.6 Å². The number of carbonyl (C=O) groups is 2. The minimum absolute atomic E-state index is 0.177. The van der Waals surface area contributed by atoms with Gasteiger partial charge >= 0.3 is 0 Å². The first-order valence-electron chi connectivity index (χ1n) is 26.2. The van der Waals surface area contributed by atoms with E-state index < -0.39 is 5.41 Å². The van der Waals surface area contributed by atoms with Crippen molar-refractivity contribution in [2.75, 3.05) is 10.6 Å². The summed E-state index contributed by atoms with van der Waals surface area (Å²) < 4.78 is 0. The normalized spacial score (nSPS) is 14.5. The lowest BCUT2D eigenvalue weighted by Gasteiger charge is -2.25. The summed E-state index contributed by atoms with van der Waals surface area (Å²) in [5, 5.41) is 6.55. The van der Waals surface area contributed by atoms with Crippen LogP contribution in [0.4, 0.5) is 22.7 Å². The van der Waals surface area contributed by atoms with Crippen LogP contribution < -0.4 is 10.6 Å². The maximum Gasteiger partial charge on any atom is 0.272 e. The molecule has 0 fully saturated rings. The van der Waals surface area contributed by atoms with Gasteiger partial charge in [-0.2, -0.15) is 0 Å². The highest BCUT2D eigenvalue weighted by Gasteiger charge is 2.37. The molecule has 0 spiro atoms. The molecule has 0 unspecified atom stereocenters. The van der Waals surface area contributed by atoms with Gasteiger partial charge in [-0.1, -0.05) is 141 Å². The zero-order valence-electron chi connectivity index (χ0n) is 44.5. The molecule has 0 saturated carbocycles. The lowest BCUT2D eigenvalue weighted by molar-refractivity contribution is 0.101. The van der Waals surface area contributed by atoms with Gasteiger partial charge in [0.15, 0.2) is 0 Å². The summed E-state index contributed by atoms with van der Waals surface area (Å²) in [6.45, 7) is 19.4.